The summed E-state index contributed by atoms with van der Waals surface area (Å²) in [6.07, 6.45) is 0. The van der Waals surface area contributed by atoms with Gasteiger partial charge in [-0.15, -0.1) is 0 Å². The molecule has 0 unspecified atom stereocenters. The van der Waals surface area contributed by atoms with E-state index < -0.39 is 11.8 Å². The average molecular weight is 214 g/mol. The number of halogens is 1. The highest BCUT2D eigenvalue weighted by atomic mass is 19.1. The van der Waals surface area contributed by atoms with Gasteiger partial charge in [0.25, 0.3) is 0 Å². The van der Waals surface area contributed by atoms with Crippen LogP contribution in [0.5, 0.6) is 11.5 Å². The van der Waals surface area contributed by atoms with Gasteiger partial charge in [0, 0.05) is 0 Å². The minimum absolute atomic E-state index is 0.0313. The molecule has 0 aliphatic heterocycles. The van der Waals surface area contributed by atoms with E-state index in [9.17, 15) is 9.18 Å². The molecule has 0 fully saturated rings. The van der Waals surface area contributed by atoms with E-state index in [0.29, 0.717) is 0 Å². The number of benzene rings is 1. The van der Waals surface area contributed by atoms with Crippen LogP contribution in [0.25, 0.3) is 0 Å². The molecule has 5 heteroatoms. The molecule has 1 aromatic rings. The first-order chi connectivity index (χ1) is 7.15. The van der Waals surface area contributed by atoms with Crippen LogP contribution in [0.15, 0.2) is 12.1 Å². The summed E-state index contributed by atoms with van der Waals surface area (Å²) in [5.41, 5.74) is -0.264. The van der Waals surface area contributed by atoms with E-state index >= 15 is 0 Å². The highest BCUT2D eigenvalue weighted by Crippen LogP contribution is 2.29. The smallest absolute Gasteiger partial charge is 0.344 e. The lowest BCUT2D eigenvalue weighted by atomic mass is 10.1. The highest BCUT2D eigenvalue weighted by molar-refractivity contribution is 5.93. The van der Waals surface area contributed by atoms with E-state index in [1.54, 1.807) is 0 Å². The number of carbonyl (C=O) groups excluding carboxylic acids is 1. The summed E-state index contributed by atoms with van der Waals surface area (Å²) in [7, 11) is 3.82. The van der Waals surface area contributed by atoms with E-state index in [0.717, 1.165) is 0 Å². The van der Waals surface area contributed by atoms with Crippen LogP contribution in [0.3, 0.4) is 0 Å². The Bertz CT molecular complexity index is 376. The molecule has 0 aromatic heterocycles. The maximum atomic E-state index is 13.7. The number of methoxy groups -OCH3 is 3. The van der Waals surface area contributed by atoms with Crippen molar-refractivity contribution in [3.05, 3.63) is 23.5 Å². The third kappa shape index (κ3) is 2.01. The standard InChI is InChI=1S/C10H11FO4/c1-13-6-4-5-7(14-2)9(11)8(6)10(12)15-3/h4-5H,1-3H3. The number of esters is 1. The van der Waals surface area contributed by atoms with Gasteiger partial charge in [-0.1, -0.05) is 0 Å². The van der Waals surface area contributed by atoms with Gasteiger partial charge in [0.15, 0.2) is 11.6 Å². The van der Waals surface area contributed by atoms with Gasteiger partial charge < -0.3 is 14.2 Å². The van der Waals surface area contributed by atoms with Crippen molar-refractivity contribution >= 4 is 5.97 Å². The van der Waals surface area contributed by atoms with Gasteiger partial charge in [0.05, 0.1) is 21.3 Å². The van der Waals surface area contributed by atoms with Crippen LogP contribution in [-0.4, -0.2) is 27.3 Å². The lowest BCUT2D eigenvalue weighted by Crippen LogP contribution is -2.08. The largest absolute Gasteiger partial charge is 0.496 e. The number of hydrogen-bond donors (Lipinski definition) is 0. The number of hydrogen-bond acceptors (Lipinski definition) is 4. The van der Waals surface area contributed by atoms with Crippen LogP contribution in [0, 0.1) is 5.82 Å². The van der Waals surface area contributed by atoms with E-state index in [1.165, 1.54) is 33.5 Å². The molecule has 0 bridgehead atoms. The molecule has 0 saturated carbocycles. The van der Waals surface area contributed by atoms with Crippen molar-refractivity contribution in [2.45, 2.75) is 0 Å². The molecule has 15 heavy (non-hydrogen) atoms. The summed E-state index contributed by atoms with van der Waals surface area (Å²) in [6, 6.07) is 2.81. The van der Waals surface area contributed by atoms with Crippen LogP contribution in [0.4, 0.5) is 4.39 Å². The van der Waals surface area contributed by atoms with E-state index in [4.69, 9.17) is 9.47 Å². The Labute approximate surface area is 86.6 Å². The van der Waals surface area contributed by atoms with Crippen LogP contribution in [0.1, 0.15) is 10.4 Å². The maximum Gasteiger partial charge on any atom is 0.344 e. The van der Waals surface area contributed by atoms with E-state index in [2.05, 4.69) is 4.74 Å². The van der Waals surface area contributed by atoms with Crippen molar-refractivity contribution in [2.75, 3.05) is 21.3 Å². The Morgan fingerprint density at radius 2 is 1.67 bits per heavy atom. The first-order valence-corrected chi connectivity index (χ1v) is 4.14. The summed E-state index contributed by atoms with van der Waals surface area (Å²) < 4.78 is 27.7. The van der Waals surface area contributed by atoms with Gasteiger partial charge in [-0.2, -0.15) is 0 Å². The van der Waals surface area contributed by atoms with E-state index in [-0.39, 0.29) is 17.1 Å². The fourth-order valence-electron chi connectivity index (χ4n) is 1.16. The minimum atomic E-state index is -0.803. The monoisotopic (exact) mass is 214 g/mol. The molecule has 0 amide bonds. The second kappa shape index (κ2) is 4.63. The van der Waals surface area contributed by atoms with Gasteiger partial charge in [-0.3, -0.25) is 0 Å². The summed E-state index contributed by atoms with van der Waals surface area (Å²) in [4.78, 5) is 11.3. The van der Waals surface area contributed by atoms with Gasteiger partial charge >= 0.3 is 5.97 Å². The van der Waals surface area contributed by atoms with Crippen molar-refractivity contribution in [3.63, 3.8) is 0 Å². The molecular formula is C10H11FO4. The second-order valence-corrected chi connectivity index (χ2v) is 2.65. The van der Waals surface area contributed by atoms with Crippen molar-refractivity contribution in [1.82, 2.24) is 0 Å². The number of rotatable bonds is 3. The fourth-order valence-corrected chi connectivity index (χ4v) is 1.16. The topological polar surface area (TPSA) is 44.8 Å². The van der Waals surface area contributed by atoms with Crippen molar-refractivity contribution < 1.29 is 23.4 Å². The molecule has 4 nitrogen and oxygen atoms in total. The molecule has 82 valence electrons. The molecule has 0 heterocycles. The van der Waals surface area contributed by atoms with Gasteiger partial charge in [0.1, 0.15) is 11.3 Å². The molecule has 1 rings (SSSR count). The number of carbonyl (C=O) groups is 1. The third-order valence-corrected chi connectivity index (χ3v) is 1.90. The van der Waals surface area contributed by atoms with Crippen molar-refractivity contribution in [2.24, 2.45) is 0 Å². The molecule has 1 aromatic carbocycles. The Morgan fingerprint density at radius 3 is 2.13 bits per heavy atom. The Hall–Kier alpha value is -1.78. The quantitative estimate of drug-likeness (QED) is 0.717. The van der Waals surface area contributed by atoms with Gasteiger partial charge in [-0.25, -0.2) is 9.18 Å². The van der Waals surface area contributed by atoms with Crippen LogP contribution in [-0.2, 0) is 4.74 Å². The van der Waals surface area contributed by atoms with E-state index in [1.807, 2.05) is 0 Å². The number of ether oxygens (including phenoxy) is 3. The second-order valence-electron chi connectivity index (χ2n) is 2.65. The summed E-state index contributed by atoms with van der Waals surface area (Å²) >= 11 is 0. The third-order valence-electron chi connectivity index (χ3n) is 1.90. The zero-order valence-electron chi connectivity index (χ0n) is 8.67. The summed E-state index contributed by atoms with van der Waals surface area (Å²) in [5.74, 6) is -1.51. The minimum Gasteiger partial charge on any atom is -0.496 e. The predicted octanol–water partition coefficient (Wildman–Crippen LogP) is 1.63. The van der Waals surface area contributed by atoms with Crippen LogP contribution < -0.4 is 9.47 Å². The zero-order chi connectivity index (χ0) is 11.4. The molecule has 0 aliphatic rings. The van der Waals surface area contributed by atoms with Gasteiger partial charge in [-0.05, 0) is 12.1 Å². The summed E-state index contributed by atoms with van der Waals surface area (Å²) in [5, 5.41) is 0. The van der Waals surface area contributed by atoms with Gasteiger partial charge in [0.2, 0.25) is 0 Å². The lowest BCUT2D eigenvalue weighted by molar-refractivity contribution is 0.0590. The fraction of sp³-hybridized carbons (Fsp3) is 0.300. The molecular weight excluding hydrogens is 203 g/mol. The average Bonchev–Trinajstić information content (AvgIpc) is 2.27. The first kappa shape index (κ1) is 11.3. The van der Waals surface area contributed by atoms with Crippen molar-refractivity contribution in [3.8, 4) is 11.5 Å². The Kier molecular flexibility index (Phi) is 3.49. The normalized spacial score (nSPS) is 9.60. The lowest BCUT2D eigenvalue weighted by Gasteiger charge is -2.10. The predicted molar refractivity (Wildman–Crippen MR) is 50.8 cm³/mol. The Morgan fingerprint density at radius 1 is 1.13 bits per heavy atom. The van der Waals surface area contributed by atoms with Crippen LogP contribution in [0.2, 0.25) is 0 Å². The molecule has 0 atom stereocenters. The molecule has 0 spiro atoms. The molecule has 0 aliphatic carbocycles. The SMILES string of the molecule is COC(=O)c1c(OC)ccc(OC)c1F. The maximum absolute atomic E-state index is 13.7. The molecule has 0 saturated heterocycles. The molecule has 0 N–H and O–H groups in total. The first-order valence-electron chi connectivity index (χ1n) is 4.14. The van der Waals surface area contributed by atoms with Crippen molar-refractivity contribution in [1.29, 1.82) is 0 Å². The Balaban J connectivity index is 3.35. The van der Waals surface area contributed by atoms with Crippen LogP contribution >= 0.6 is 0 Å². The highest BCUT2D eigenvalue weighted by Gasteiger charge is 2.21. The molecule has 0 radical (unpaired) electrons. The summed E-state index contributed by atoms with van der Waals surface area (Å²) in [6.45, 7) is 0. The zero-order valence-corrected chi connectivity index (χ0v) is 8.67.